The lowest BCUT2D eigenvalue weighted by atomic mass is 9.94. The van der Waals surface area contributed by atoms with E-state index in [0.29, 0.717) is 0 Å². The lowest BCUT2D eigenvalue weighted by Crippen LogP contribution is -2.10. The molecule has 3 aromatic heterocycles. The van der Waals surface area contributed by atoms with Crippen LogP contribution in [0.2, 0.25) is 0 Å². The van der Waals surface area contributed by atoms with E-state index in [1.807, 2.05) is 0 Å². The summed E-state index contributed by atoms with van der Waals surface area (Å²) < 4.78 is 4.89. The van der Waals surface area contributed by atoms with Gasteiger partial charge >= 0.3 is 0 Å². The molecule has 9 aromatic carbocycles. The van der Waals surface area contributed by atoms with Crippen molar-refractivity contribution in [2.24, 2.45) is 0 Å². The van der Waals surface area contributed by atoms with Crippen molar-refractivity contribution in [3.8, 4) is 27.9 Å². The van der Waals surface area contributed by atoms with Gasteiger partial charge in [0.1, 0.15) is 0 Å². The molecule has 0 bridgehead atoms. The summed E-state index contributed by atoms with van der Waals surface area (Å²) >= 11 is 0. The number of hydrogen-bond donors (Lipinski definition) is 0. The second-order valence-electron chi connectivity index (χ2n) is 16.8. The fourth-order valence-corrected chi connectivity index (χ4v) is 10.3. The molecule has 0 aliphatic carbocycles. The summed E-state index contributed by atoms with van der Waals surface area (Å²) in [6.45, 7) is 4.49. The van der Waals surface area contributed by atoms with Crippen LogP contribution in [0.25, 0.3) is 82.5 Å². The Bertz CT molecular complexity index is 3670. The summed E-state index contributed by atoms with van der Waals surface area (Å²) in [4.78, 5) is 2.38. The number of rotatable bonds is 9. The Morgan fingerprint density at radius 3 is 1.61 bits per heavy atom. The van der Waals surface area contributed by atoms with Crippen LogP contribution in [-0.2, 0) is 0 Å². The minimum Gasteiger partial charge on any atom is -0.313 e. The van der Waals surface area contributed by atoms with E-state index in [4.69, 9.17) is 0 Å². The van der Waals surface area contributed by atoms with Gasteiger partial charge in [0.2, 0.25) is 0 Å². The molecule has 0 N–H and O–H groups in total. The lowest BCUT2D eigenvalue weighted by molar-refractivity contribution is 1.05. The first-order valence-electron chi connectivity index (χ1n) is 22.3. The van der Waals surface area contributed by atoms with Gasteiger partial charge in [-0.3, -0.25) is 0 Å². The molecule has 3 nitrogen and oxygen atoms in total. The van der Waals surface area contributed by atoms with Gasteiger partial charge in [0.15, 0.2) is 0 Å². The van der Waals surface area contributed by atoms with Crippen LogP contribution in [0.3, 0.4) is 0 Å². The third kappa shape index (κ3) is 5.96. The van der Waals surface area contributed by atoms with Crippen LogP contribution < -0.4 is 4.90 Å². The summed E-state index contributed by atoms with van der Waals surface area (Å²) in [5.41, 5.74) is 19.3. The zero-order valence-electron chi connectivity index (χ0n) is 35.9. The van der Waals surface area contributed by atoms with Gasteiger partial charge in [-0.15, -0.1) is 0 Å². The molecule has 3 heteroatoms. The van der Waals surface area contributed by atoms with E-state index in [-0.39, 0.29) is 0 Å². The fourth-order valence-electron chi connectivity index (χ4n) is 10.3. The molecule has 0 amide bonds. The highest BCUT2D eigenvalue weighted by molar-refractivity contribution is 6.25. The van der Waals surface area contributed by atoms with E-state index >= 15 is 0 Å². The van der Waals surface area contributed by atoms with Gasteiger partial charge in [-0.2, -0.15) is 0 Å². The Kier molecular flexibility index (Phi) is 9.01. The highest BCUT2D eigenvalue weighted by Gasteiger charge is 2.22. The van der Waals surface area contributed by atoms with Gasteiger partial charge in [0.25, 0.3) is 0 Å². The Morgan fingerprint density at radius 2 is 0.938 bits per heavy atom. The number of allylic oxidation sites excluding steroid dienone is 1. The van der Waals surface area contributed by atoms with Crippen molar-refractivity contribution in [1.29, 1.82) is 0 Å². The van der Waals surface area contributed by atoms with Gasteiger partial charge in [-0.25, -0.2) is 0 Å². The second-order valence-corrected chi connectivity index (χ2v) is 16.8. The van der Waals surface area contributed by atoms with Gasteiger partial charge in [-0.05, 0) is 102 Å². The van der Waals surface area contributed by atoms with Crippen molar-refractivity contribution in [3.05, 3.63) is 241 Å². The SMILES string of the molecule is CC/C=C(/c1ccc(N(c2ccc(-c3ccccc3)cc2)c2ccc(-c3cccc4c5cccc6c7ccccc7n(c34)c65)cc2)cc1)c1c(C)n(-c2ccccc2)c2ccccc12. The largest absolute Gasteiger partial charge is 0.313 e. The van der Waals surface area contributed by atoms with Crippen molar-refractivity contribution < 1.29 is 0 Å². The molecule has 64 heavy (non-hydrogen) atoms. The molecule has 0 aliphatic heterocycles. The molecule has 3 heterocycles. The molecule has 0 saturated heterocycles. The van der Waals surface area contributed by atoms with Crippen LogP contribution >= 0.6 is 0 Å². The number of benzene rings is 9. The molecule has 0 aliphatic rings. The Balaban J connectivity index is 0.970. The minimum absolute atomic E-state index is 0.926. The van der Waals surface area contributed by atoms with Crippen LogP contribution in [0.5, 0.6) is 0 Å². The summed E-state index contributed by atoms with van der Waals surface area (Å²) in [5, 5.41) is 6.43. The van der Waals surface area contributed by atoms with Gasteiger partial charge in [-0.1, -0.05) is 171 Å². The zero-order chi connectivity index (χ0) is 42.7. The maximum absolute atomic E-state index is 2.49. The van der Waals surface area contributed by atoms with E-state index in [1.165, 1.54) is 99.3 Å². The first-order chi connectivity index (χ1) is 31.7. The Labute approximate surface area is 373 Å². The molecule has 0 radical (unpaired) electrons. The molecule has 304 valence electrons. The quantitative estimate of drug-likeness (QED) is 0.141. The maximum Gasteiger partial charge on any atom is 0.0620 e. The molecule has 12 rings (SSSR count). The van der Waals surface area contributed by atoms with Crippen LogP contribution in [0.15, 0.2) is 224 Å². The van der Waals surface area contributed by atoms with E-state index in [0.717, 1.165) is 23.5 Å². The van der Waals surface area contributed by atoms with Crippen LogP contribution in [0, 0.1) is 6.92 Å². The summed E-state index contributed by atoms with van der Waals surface area (Å²) in [6, 6.07) is 79.7. The van der Waals surface area contributed by atoms with E-state index in [9.17, 15) is 0 Å². The zero-order valence-corrected chi connectivity index (χ0v) is 35.9. The summed E-state index contributed by atoms with van der Waals surface area (Å²) in [7, 11) is 0. The molecule has 0 fully saturated rings. The predicted octanol–water partition coefficient (Wildman–Crippen LogP) is 16.7. The first-order valence-corrected chi connectivity index (χ1v) is 22.3. The standard InChI is InChI=1S/C61H45N3/c1-3-16-50(59-41(2)62(46-19-8-5-9-20-46)58-28-13-11-22-56(58)59)44-31-37-48(38-32-44)63(47-35-29-43(30-36-47)42-17-6-4-7-18-42)49-39-33-45(34-40-49)51-23-14-25-54-55-26-15-24-53-52-21-10-12-27-57(52)64(60(51)54)61(53)55/h4-40H,3H2,1-2H3/b50-16-. The maximum atomic E-state index is 2.49. The number of fused-ring (bicyclic) bond motifs is 7. The average molecular weight is 820 g/mol. The molecular weight excluding hydrogens is 775 g/mol. The first kappa shape index (κ1) is 37.6. The number of nitrogens with zero attached hydrogens (tertiary/aromatic N) is 3. The smallest absolute Gasteiger partial charge is 0.0620 e. The number of anilines is 3. The summed E-state index contributed by atoms with van der Waals surface area (Å²) in [5.74, 6) is 0. The Hall–Kier alpha value is -8.14. The molecule has 0 saturated carbocycles. The number of aromatic nitrogens is 2. The number of para-hydroxylation sites is 5. The van der Waals surface area contributed by atoms with Crippen molar-refractivity contribution in [2.75, 3.05) is 4.90 Å². The molecule has 0 atom stereocenters. The van der Waals surface area contributed by atoms with Gasteiger partial charge in [0.05, 0.1) is 22.1 Å². The molecule has 0 unspecified atom stereocenters. The lowest BCUT2D eigenvalue weighted by Gasteiger charge is -2.26. The van der Waals surface area contributed by atoms with Crippen LogP contribution in [-0.4, -0.2) is 8.97 Å². The van der Waals surface area contributed by atoms with Crippen molar-refractivity contribution >= 4 is 71.6 Å². The minimum atomic E-state index is 0.926. The van der Waals surface area contributed by atoms with Crippen LogP contribution in [0.1, 0.15) is 30.2 Å². The van der Waals surface area contributed by atoms with E-state index in [2.05, 4.69) is 252 Å². The predicted molar refractivity (Wildman–Crippen MR) is 272 cm³/mol. The average Bonchev–Trinajstić information content (AvgIpc) is 3.99. The normalized spacial score (nSPS) is 12.1. The van der Waals surface area contributed by atoms with Crippen LogP contribution in [0.4, 0.5) is 17.1 Å². The van der Waals surface area contributed by atoms with Crippen molar-refractivity contribution in [1.82, 2.24) is 8.97 Å². The number of hydrogen-bond acceptors (Lipinski definition) is 1. The van der Waals surface area contributed by atoms with Gasteiger partial charge < -0.3 is 13.9 Å². The monoisotopic (exact) mass is 819 g/mol. The van der Waals surface area contributed by atoms with Crippen molar-refractivity contribution in [2.45, 2.75) is 20.3 Å². The topological polar surface area (TPSA) is 12.6 Å². The third-order valence-electron chi connectivity index (χ3n) is 13.2. The molecule has 0 spiro atoms. The van der Waals surface area contributed by atoms with Gasteiger partial charge in [0, 0.05) is 66.5 Å². The molecule has 12 aromatic rings. The van der Waals surface area contributed by atoms with Crippen molar-refractivity contribution in [3.63, 3.8) is 0 Å². The molecular formula is C61H45N3. The highest BCUT2D eigenvalue weighted by Crippen LogP contribution is 2.44. The van der Waals surface area contributed by atoms with E-state index < -0.39 is 0 Å². The second kappa shape index (κ2) is 15.3. The Morgan fingerprint density at radius 1 is 0.438 bits per heavy atom. The van der Waals surface area contributed by atoms with E-state index in [1.54, 1.807) is 0 Å². The third-order valence-corrected chi connectivity index (χ3v) is 13.2. The summed E-state index contributed by atoms with van der Waals surface area (Å²) in [6.07, 6.45) is 3.31. The highest BCUT2D eigenvalue weighted by atomic mass is 15.1. The fraction of sp³-hybridized carbons (Fsp3) is 0.0492.